The van der Waals surface area contributed by atoms with Crippen LogP contribution in [0.15, 0.2) is 12.4 Å². The van der Waals surface area contributed by atoms with Crippen LogP contribution in [-0.4, -0.2) is 54.2 Å². The molecule has 1 aromatic heterocycles. The van der Waals surface area contributed by atoms with E-state index in [1.54, 1.807) is 6.33 Å². The topological polar surface area (TPSA) is 41.5 Å². The number of hydrogen-bond donors (Lipinski definition) is 0. The molecule has 5 nitrogen and oxygen atoms in total. The molecule has 0 amide bonds. The van der Waals surface area contributed by atoms with Crippen molar-refractivity contribution >= 4 is 5.82 Å². The average molecular weight is 250 g/mol. The van der Waals surface area contributed by atoms with Gasteiger partial charge < -0.3 is 14.5 Å². The van der Waals surface area contributed by atoms with Crippen LogP contribution in [0, 0.1) is 0 Å². The number of likely N-dealkylation sites (N-methyl/N-ethyl adjacent to an activating group) is 1. The summed E-state index contributed by atoms with van der Waals surface area (Å²) in [5.74, 6) is 1.63. The molecule has 0 spiro atoms. The number of ether oxygens (including phenoxy) is 1. The highest BCUT2D eigenvalue weighted by Crippen LogP contribution is 2.22. The molecule has 0 aliphatic carbocycles. The first-order chi connectivity index (χ1) is 8.74. The highest BCUT2D eigenvalue weighted by molar-refractivity contribution is 5.42. The summed E-state index contributed by atoms with van der Waals surface area (Å²) in [5.41, 5.74) is 0. The second kappa shape index (κ2) is 6.00. The van der Waals surface area contributed by atoms with Crippen molar-refractivity contribution in [2.45, 2.75) is 26.3 Å². The van der Waals surface area contributed by atoms with Gasteiger partial charge in [0, 0.05) is 25.2 Å². The Morgan fingerprint density at radius 3 is 3.00 bits per heavy atom. The maximum atomic E-state index is 5.41. The van der Waals surface area contributed by atoms with E-state index in [0.29, 0.717) is 18.5 Å². The van der Waals surface area contributed by atoms with Gasteiger partial charge in [0.15, 0.2) is 0 Å². The first-order valence-electron chi connectivity index (χ1n) is 6.64. The second-order valence-corrected chi connectivity index (χ2v) is 4.61. The number of aromatic nitrogens is 2. The van der Waals surface area contributed by atoms with Gasteiger partial charge in [-0.05, 0) is 26.9 Å². The maximum Gasteiger partial charge on any atom is 0.218 e. The summed E-state index contributed by atoms with van der Waals surface area (Å²) in [7, 11) is 2.18. The minimum Gasteiger partial charge on any atom is -0.478 e. The van der Waals surface area contributed by atoms with Crippen molar-refractivity contribution in [2.75, 3.05) is 38.2 Å². The molecule has 0 bridgehead atoms. The van der Waals surface area contributed by atoms with E-state index in [0.717, 1.165) is 25.5 Å². The molecule has 1 unspecified atom stereocenters. The Morgan fingerprint density at radius 1 is 1.44 bits per heavy atom. The number of rotatable bonds is 5. The fourth-order valence-electron chi connectivity index (χ4n) is 2.30. The van der Waals surface area contributed by atoms with E-state index in [-0.39, 0.29) is 0 Å². The van der Waals surface area contributed by atoms with Crippen LogP contribution < -0.4 is 9.64 Å². The Hall–Kier alpha value is -1.36. The van der Waals surface area contributed by atoms with Crippen molar-refractivity contribution in [1.29, 1.82) is 0 Å². The second-order valence-electron chi connectivity index (χ2n) is 4.61. The molecule has 0 saturated carbocycles. The summed E-state index contributed by atoms with van der Waals surface area (Å²) in [6.07, 6.45) is 2.77. The van der Waals surface area contributed by atoms with E-state index in [9.17, 15) is 0 Å². The highest BCUT2D eigenvalue weighted by Gasteiger charge is 2.26. The van der Waals surface area contributed by atoms with Gasteiger partial charge in [-0.2, -0.15) is 0 Å². The third-order valence-electron chi connectivity index (χ3n) is 3.53. The third-order valence-corrected chi connectivity index (χ3v) is 3.53. The molecule has 1 aromatic rings. The third kappa shape index (κ3) is 2.90. The first kappa shape index (κ1) is 13.1. The Bertz CT molecular complexity index is 385. The van der Waals surface area contributed by atoms with Gasteiger partial charge >= 0.3 is 0 Å². The minimum atomic E-state index is 0.625. The summed E-state index contributed by atoms with van der Waals surface area (Å²) in [6.45, 7) is 7.97. The minimum absolute atomic E-state index is 0.625. The number of anilines is 1. The van der Waals surface area contributed by atoms with Crippen molar-refractivity contribution in [1.82, 2.24) is 14.9 Å². The lowest BCUT2D eigenvalue weighted by Gasteiger charge is -2.23. The van der Waals surface area contributed by atoms with Gasteiger partial charge in [0.2, 0.25) is 5.88 Å². The molecule has 1 aliphatic rings. The van der Waals surface area contributed by atoms with Crippen molar-refractivity contribution < 1.29 is 4.74 Å². The SMILES string of the molecule is CCOc1cc(N2CCC(N(C)CC)C2)ncn1. The largest absolute Gasteiger partial charge is 0.478 e. The summed E-state index contributed by atoms with van der Waals surface area (Å²) in [5, 5.41) is 0. The van der Waals surface area contributed by atoms with Crippen LogP contribution >= 0.6 is 0 Å². The van der Waals surface area contributed by atoms with Crippen LogP contribution in [0.4, 0.5) is 5.82 Å². The quantitative estimate of drug-likeness (QED) is 0.790. The first-order valence-corrected chi connectivity index (χ1v) is 6.64. The summed E-state index contributed by atoms with van der Waals surface area (Å²) in [6, 6.07) is 2.55. The molecule has 2 heterocycles. The van der Waals surface area contributed by atoms with Crippen LogP contribution in [0.5, 0.6) is 5.88 Å². The van der Waals surface area contributed by atoms with Crippen molar-refractivity contribution in [3.63, 3.8) is 0 Å². The van der Waals surface area contributed by atoms with Gasteiger partial charge in [0.25, 0.3) is 0 Å². The van der Waals surface area contributed by atoms with Gasteiger partial charge in [0.05, 0.1) is 6.61 Å². The number of nitrogens with zero attached hydrogens (tertiary/aromatic N) is 4. The van der Waals surface area contributed by atoms with Crippen molar-refractivity contribution in [3.8, 4) is 5.88 Å². The Morgan fingerprint density at radius 2 is 2.28 bits per heavy atom. The molecule has 18 heavy (non-hydrogen) atoms. The predicted molar refractivity (Wildman–Crippen MR) is 72.1 cm³/mol. The van der Waals surface area contributed by atoms with E-state index in [1.807, 2.05) is 13.0 Å². The summed E-state index contributed by atoms with van der Waals surface area (Å²) >= 11 is 0. The smallest absolute Gasteiger partial charge is 0.218 e. The lowest BCUT2D eigenvalue weighted by Crippen LogP contribution is -2.34. The molecule has 1 atom stereocenters. The number of hydrogen-bond acceptors (Lipinski definition) is 5. The van der Waals surface area contributed by atoms with Crippen LogP contribution in [0.1, 0.15) is 20.3 Å². The van der Waals surface area contributed by atoms with E-state index in [2.05, 4.69) is 33.7 Å². The standard InChI is InChI=1S/C13H22N4O/c1-4-16(3)11-6-7-17(9-11)12-8-13(18-5-2)15-10-14-12/h8,10-11H,4-7,9H2,1-3H3. The monoisotopic (exact) mass is 250 g/mol. The van der Waals surface area contributed by atoms with E-state index in [1.165, 1.54) is 6.42 Å². The molecule has 1 fully saturated rings. The van der Waals surface area contributed by atoms with E-state index in [4.69, 9.17) is 4.74 Å². The van der Waals surface area contributed by atoms with Gasteiger partial charge in [0.1, 0.15) is 12.1 Å². The molecule has 0 aromatic carbocycles. The Labute approximate surface area is 109 Å². The molecule has 5 heteroatoms. The van der Waals surface area contributed by atoms with Crippen LogP contribution in [0.3, 0.4) is 0 Å². The zero-order valence-corrected chi connectivity index (χ0v) is 11.5. The average Bonchev–Trinajstić information content (AvgIpc) is 2.88. The van der Waals surface area contributed by atoms with Gasteiger partial charge in [-0.15, -0.1) is 0 Å². The molecule has 2 rings (SSSR count). The maximum absolute atomic E-state index is 5.41. The van der Waals surface area contributed by atoms with Crippen molar-refractivity contribution in [3.05, 3.63) is 12.4 Å². The zero-order valence-electron chi connectivity index (χ0n) is 11.5. The van der Waals surface area contributed by atoms with Crippen molar-refractivity contribution in [2.24, 2.45) is 0 Å². The lowest BCUT2D eigenvalue weighted by atomic mass is 10.2. The normalized spacial score (nSPS) is 19.6. The summed E-state index contributed by atoms with van der Waals surface area (Å²) < 4.78 is 5.41. The lowest BCUT2D eigenvalue weighted by molar-refractivity contribution is 0.272. The van der Waals surface area contributed by atoms with E-state index >= 15 is 0 Å². The Balaban J connectivity index is 2.02. The van der Waals surface area contributed by atoms with Gasteiger partial charge in [-0.1, -0.05) is 6.92 Å². The fourth-order valence-corrected chi connectivity index (χ4v) is 2.30. The molecule has 1 saturated heterocycles. The summed E-state index contributed by atoms with van der Waals surface area (Å²) in [4.78, 5) is 13.1. The molecular weight excluding hydrogens is 228 g/mol. The van der Waals surface area contributed by atoms with Gasteiger partial charge in [-0.3, -0.25) is 0 Å². The Kier molecular flexibility index (Phi) is 4.36. The molecule has 1 aliphatic heterocycles. The molecule has 100 valence electrons. The highest BCUT2D eigenvalue weighted by atomic mass is 16.5. The molecular formula is C13H22N4O. The molecule has 0 N–H and O–H groups in total. The zero-order chi connectivity index (χ0) is 13.0. The van der Waals surface area contributed by atoms with Crippen LogP contribution in [0.2, 0.25) is 0 Å². The molecule has 0 radical (unpaired) electrons. The predicted octanol–water partition coefficient (Wildman–Crippen LogP) is 1.41. The fraction of sp³-hybridized carbons (Fsp3) is 0.692. The van der Waals surface area contributed by atoms with Crippen LogP contribution in [0.25, 0.3) is 0 Å². The van der Waals surface area contributed by atoms with E-state index < -0.39 is 0 Å². The van der Waals surface area contributed by atoms with Gasteiger partial charge in [-0.25, -0.2) is 9.97 Å². The van der Waals surface area contributed by atoms with Crippen LogP contribution in [-0.2, 0) is 0 Å².